The molecule has 4 nitrogen and oxygen atoms in total. The first kappa shape index (κ1) is 22.2. The summed E-state index contributed by atoms with van der Waals surface area (Å²) in [7, 11) is 0. The van der Waals surface area contributed by atoms with E-state index in [2.05, 4.69) is 27.9 Å². The molecule has 150 valence electrons. The maximum atomic E-state index is 12.5. The van der Waals surface area contributed by atoms with Gasteiger partial charge >= 0.3 is 0 Å². The number of amides is 1. The van der Waals surface area contributed by atoms with Crippen molar-refractivity contribution >= 4 is 63.5 Å². The number of benzene rings is 3. The first-order valence-electron chi connectivity index (χ1n) is 8.81. The summed E-state index contributed by atoms with van der Waals surface area (Å²) in [4.78, 5) is 12.5. The van der Waals surface area contributed by atoms with E-state index in [0.29, 0.717) is 27.0 Å². The fourth-order valence-electron chi connectivity index (χ4n) is 2.56. The van der Waals surface area contributed by atoms with Gasteiger partial charge in [-0.3, -0.25) is 4.79 Å². The van der Waals surface area contributed by atoms with Crippen LogP contribution in [0, 0.1) is 14.9 Å². The van der Waals surface area contributed by atoms with Crippen LogP contribution < -0.4 is 10.1 Å². The Bertz CT molecular complexity index is 1160. The Balaban J connectivity index is 1.73. The molecule has 0 heterocycles. The molecule has 0 spiro atoms. The molecule has 0 aliphatic rings. The monoisotopic (exact) mass is 548 g/mol. The number of carbonyl (C=O) groups is 1. The van der Waals surface area contributed by atoms with Crippen molar-refractivity contribution in [1.82, 2.24) is 0 Å². The van der Waals surface area contributed by atoms with Gasteiger partial charge in [-0.25, -0.2) is 0 Å². The molecule has 0 fully saturated rings. The molecule has 0 aromatic heterocycles. The Morgan fingerprint density at radius 3 is 2.50 bits per heavy atom. The lowest BCUT2D eigenvalue weighted by atomic mass is 10.1. The number of nitrogens with one attached hydrogen (secondary N) is 1. The minimum absolute atomic E-state index is 0.0320. The zero-order valence-corrected chi connectivity index (χ0v) is 19.2. The fourth-order valence-corrected chi connectivity index (χ4v) is 3.52. The Labute approximate surface area is 198 Å². The Morgan fingerprint density at radius 2 is 1.80 bits per heavy atom. The molecular formula is C23H15Cl2IN2O2. The molecule has 3 rings (SSSR count). The number of nitrogens with zero attached hydrogens (tertiary/aromatic N) is 1. The highest BCUT2D eigenvalue weighted by Gasteiger charge is 2.12. The van der Waals surface area contributed by atoms with Crippen LogP contribution in [-0.2, 0) is 11.4 Å². The summed E-state index contributed by atoms with van der Waals surface area (Å²) in [6.45, 7) is 0.274. The van der Waals surface area contributed by atoms with E-state index in [0.717, 1.165) is 9.13 Å². The van der Waals surface area contributed by atoms with E-state index in [1.54, 1.807) is 30.3 Å². The van der Waals surface area contributed by atoms with Gasteiger partial charge < -0.3 is 10.1 Å². The van der Waals surface area contributed by atoms with Gasteiger partial charge in [-0.2, -0.15) is 5.26 Å². The van der Waals surface area contributed by atoms with Crippen molar-refractivity contribution in [1.29, 1.82) is 5.26 Å². The van der Waals surface area contributed by atoms with Gasteiger partial charge in [0, 0.05) is 14.2 Å². The number of hydrogen-bond donors (Lipinski definition) is 1. The SMILES string of the molecule is N#C/C(=C\c1ccc(OCc2ccccc2Cl)c(Cl)c1)C(=O)Nc1ccccc1I. The van der Waals surface area contributed by atoms with Gasteiger partial charge in [-0.1, -0.05) is 59.6 Å². The van der Waals surface area contributed by atoms with E-state index >= 15 is 0 Å². The Hall–Kier alpha value is -2.53. The molecule has 0 atom stereocenters. The van der Waals surface area contributed by atoms with Crippen LogP contribution in [0.1, 0.15) is 11.1 Å². The van der Waals surface area contributed by atoms with Crippen molar-refractivity contribution in [2.45, 2.75) is 6.61 Å². The second kappa shape index (κ2) is 10.5. The van der Waals surface area contributed by atoms with Crippen LogP contribution in [0.15, 0.2) is 72.3 Å². The Kier molecular flexibility index (Phi) is 7.75. The number of halogens is 3. The summed E-state index contributed by atoms with van der Waals surface area (Å²) in [5.74, 6) is -0.00711. The molecule has 0 saturated heterocycles. The van der Waals surface area contributed by atoms with E-state index in [1.165, 1.54) is 6.08 Å². The van der Waals surface area contributed by atoms with Crippen LogP contribution in [-0.4, -0.2) is 5.91 Å². The maximum Gasteiger partial charge on any atom is 0.266 e. The quantitative estimate of drug-likeness (QED) is 0.211. The summed E-state index contributed by atoms with van der Waals surface area (Å²) in [6, 6.07) is 21.7. The van der Waals surface area contributed by atoms with E-state index in [9.17, 15) is 10.1 Å². The first-order valence-corrected chi connectivity index (χ1v) is 10.6. The van der Waals surface area contributed by atoms with Crippen LogP contribution in [0.25, 0.3) is 6.08 Å². The number of carbonyl (C=O) groups excluding carboxylic acids is 1. The zero-order chi connectivity index (χ0) is 21.5. The average molecular weight is 549 g/mol. The highest BCUT2D eigenvalue weighted by atomic mass is 127. The zero-order valence-electron chi connectivity index (χ0n) is 15.5. The molecule has 3 aromatic carbocycles. The minimum atomic E-state index is -0.489. The molecule has 1 amide bonds. The number of rotatable bonds is 6. The predicted molar refractivity (Wildman–Crippen MR) is 129 cm³/mol. The van der Waals surface area contributed by atoms with Gasteiger partial charge in [0.1, 0.15) is 24.0 Å². The number of nitriles is 1. The van der Waals surface area contributed by atoms with Crippen molar-refractivity contribution in [3.63, 3.8) is 0 Å². The second-order valence-electron chi connectivity index (χ2n) is 6.17. The summed E-state index contributed by atoms with van der Waals surface area (Å²) >= 11 is 14.6. The van der Waals surface area contributed by atoms with Gasteiger partial charge in [0.25, 0.3) is 5.91 Å². The third kappa shape index (κ3) is 5.76. The molecule has 30 heavy (non-hydrogen) atoms. The number of para-hydroxylation sites is 1. The van der Waals surface area contributed by atoms with Gasteiger partial charge in [0.2, 0.25) is 0 Å². The first-order chi connectivity index (χ1) is 14.5. The lowest BCUT2D eigenvalue weighted by Gasteiger charge is -2.10. The normalized spacial score (nSPS) is 10.9. The van der Waals surface area contributed by atoms with Crippen molar-refractivity contribution in [2.75, 3.05) is 5.32 Å². The standard InChI is InChI=1S/C23H15Cl2IN2O2/c24-18-6-2-1-5-16(18)14-30-22-10-9-15(12-19(22)25)11-17(13-27)23(29)28-21-8-4-3-7-20(21)26/h1-12H,14H2,(H,28,29)/b17-11+. The molecule has 1 N–H and O–H groups in total. The molecule has 0 saturated carbocycles. The van der Waals surface area contributed by atoms with Crippen molar-refractivity contribution in [3.8, 4) is 11.8 Å². The maximum absolute atomic E-state index is 12.5. The van der Waals surface area contributed by atoms with E-state index in [4.69, 9.17) is 27.9 Å². The summed E-state index contributed by atoms with van der Waals surface area (Å²) in [5.41, 5.74) is 2.07. The molecule has 3 aromatic rings. The Morgan fingerprint density at radius 1 is 1.07 bits per heavy atom. The molecule has 0 radical (unpaired) electrons. The number of ether oxygens (including phenoxy) is 1. The van der Waals surface area contributed by atoms with Gasteiger partial charge in [0.15, 0.2) is 0 Å². The fraction of sp³-hybridized carbons (Fsp3) is 0.0435. The number of hydrogen-bond acceptors (Lipinski definition) is 3. The molecule has 7 heteroatoms. The predicted octanol–water partition coefficient (Wildman–Crippen LogP) is 6.72. The van der Waals surface area contributed by atoms with Crippen LogP contribution in [0.5, 0.6) is 5.75 Å². The summed E-state index contributed by atoms with van der Waals surface area (Å²) in [6.07, 6.45) is 1.48. The molecule has 0 unspecified atom stereocenters. The largest absolute Gasteiger partial charge is 0.487 e. The van der Waals surface area contributed by atoms with Gasteiger partial charge in [0.05, 0.1) is 10.7 Å². The highest BCUT2D eigenvalue weighted by molar-refractivity contribution is 14.1. The lowest BCUT2D eigenvalue weighted by Crippen LogP contribution is -2.14. The van der Waals surface area contributed by atoms with Gasteiger partial charge in [-0.05, 0) is 64.6 Å². The van der Waals surface area contributed by atoms with Crippen LogP contribution in [0.3, 0.4) is 0 Å². The van der Waals surface area contributed by atoms with E-state index in [-0.39, 0.29) is 12.2 Å². The van der Waals surface area contributed by atoms with Crippen LogP contribution in [0.2, 0.25) is 10.0 Å². The molecule has 0 aliphatic heterocycles. The third-order valence-electron chi connectivity index (χ3n) is 4.10. The van der Waals surface area contributed by atoms with Gasteiger partial charge in [-0.15, -0.1) is 0 Å². The summed E-state index contributed by atoms with van der Waals surface area (Å²) in [5, 5.41) is 13.1. The minimum Gasteiger partial charge on any atom is -0.487 e. The average Bonchev–Trinajstić information content (AvgIpc) is 2.74. The highest BCUT2D eigenvalue weighted by Crippen LogP contribution is 2.28. The topological polar surface area (TPSA) is 62.1 Å². The van der Waals surface area contributed by atoms with Crippen LogP contribution >= 0.6 is 45.8 Å². The number of anilines is 1. The van der Waals surface area contributed by atoms with Crippen LogP contribution in [0.4, 0.5) is 5.69 Å². The molecule has 0 aliphatic carbocycles. The van der Waals surface area contributed by atoms with E-state index in [1.807, 2.05) is 42.5 Å². The van der Waals surface area contributed by atoms with Crippen molar-refractivity contribution in [2.24, 2.45) is 0 Å². The van der Waals surface area contributed by atoms with Crippen molar-refractivity contribution < 1.29 is 9.53 Å². The third-order valence-corrected chi connectivity index (χ3v) is 5.70. The lowest BCUT2D eigenvalue weighted by molar-refractivity contribution is -0.112. The molecular weight excluding hydrogens is 534 g/mol. The van der Waals surface area contributed by atoms with E-state index < -0.39 is 5.91 Å². The summed E-state index contributed by atoms with van der Waals surface area (Å²) < 4.78 is 6.63. The smallest absolute Gasteiger partial charge is 0.266 e. The second-order valence-corrected chi connectivity index (χ2v) is 8.15. The molecule has 0 bridgehead atoms. The van der Waals surface area contributed by atoms with Crippen molar-refractivity contribution in [3.05, 3.63) is 97.0 Å².